The van der Waals surface area contributed by atoms with Crippen LogP contribution in [0.1, 0.15) is 27.2 Å². The molecule has 0 saturated heterocycles. The largest absolute Gasteiger partial charge is 0.345 e. The van der Waals surface area contributed by atoms with E-state index in [1.165, 1.54) is 13.0 Å². The van der Waals surface area contributed by atoms with Gasteiger partial charge in [0.15, 0.2) is 0 Å². The van der Waals surface area contributed by atoms with Crippen LogP contribution in [0.3, 0.4) is 0 Å². The number of rotatable bonds is 5. The Morgan fingerprint density at radius 2 is 1.44 bits per heavy atom. The van der Waals surface area contributed by atoms with E-state index in [0.29, 0.717) is 5.04 Å². The van der Waals surface area contributed by atoms with Gasteiger partial charge in [0.25, 0.3) is 0 Å². The van der Waals surface area contributed by atoms with Gasteiger partial charge in [-0.1, -0.05) is 69.4 Å². The molecule has 0 aliphatic rings. The monoisotopic (exact) mass is 323 g/mol. The van der Waals surface area contributed by atoms with Gasteiger partial charge in [0.2, 0.25) is 0 Å². The van der Waals surface area contributed by atoms with Crippen molar-refractivity contribution in [3.8, 4) is 0 Å². The molecular formula is C12H30BrNSi2. The Morgan fingerprint density at radius 1 is 1.00 bits per heavy atom. The molecule has 16 heavy (non-hydrogen) atoms. The van der Waals surface area contributed by atoms with Crippen LogP contribution in [0.25, 0.3) is 0 Å². The van der Waals surface area contributed by atoms with Gasteiger partial charge in [0, 0.05) is 5.33 Å². The zero-order valence-corrected chi connectivity index (χ0v) is 16.0. The van der Waals surface area contributed by atoms with Gasteiger partial charge >= 0.3 is 0 Å². The van der Waals surface area contributed by atoms with Crippen LogP contribution >= 0.6 is 15.9 Å². The van der Waals surface area contributed by atoms with Crippen molar-refractivity contribution in [1.82, 2.24) is 4.23 Å². The molecule has 98 valence electrons. The standard InChI is InChI=1S/C12H30BrNSi2/c1-12(2,3)16(7,8)14(11-9-10-13)15(4,5)6/h9-11H2,1-8H3. The first-order valence-electron chi connectivity index (χ1n) is 6.28. The Hall–Kier alpha value is 0.874. The number of hydrogen-bond acceptors (Lipinski definition) is 1. The second-order valence-corrected chi connectivity index (χ2v) is 18.5. The Labute approximate surface area is 113 Å². The third-order valence-electron chi connectivity index (χ3n) is 3.84. The van der Waals surface area contributed by atoms with Crippen LogP contribution in [0.4, 0.5) is 0 Å². The van der Waals surface area contributed by atoms with Crippen LogP contribution in [-0.2, 0) is 0 Å². The second-order valence-electron chi connectivity index (χ2n) is 7.17. The molecule has 0 unspecified atom stereocenters. The summed E-state index contributed by atoms with van der Waals surface area (Å²) in [4.78, 5) is 0. The van der Waals surface area contributed by atoms with Crippen LogP contribution in [-0.4, -0.2) is 32.6 Å². The topological polar surface area (TPSA) is 3.24 Å². The maximum Gasteiger partial charge on any atom is 0.120 e. The zero-order valence-electron chi connectivity index (χ0n) is 12.4. The van der Waals surface area contributed by atoms with E-state index in [4.69, 9.17) is 0 Å². The van der Waals surface area contributed by atoms with Crippen LogP contribution in [0.2, 0.25) is 37.8 Å². The summed E-state index contributed by atoms with van der Waals surface area (Å²) in [5, 5.41) is 1.59. The Balaban J connectivity index is 5.03. The lowest BCUT2D eigenvalue weighted by Gasteiger charge is -2.52. The fourth-order valence-electron chi connectivity index (χ4n) is 2.08. The molecule has 0 aromatic rings. The molecule has 4 heteroatoms. The number of hydrogen-bond donors (Lipinski definition) is 0. The van der Waals surface area contributed by atoms with Crippen LogP contribution in [0, 0.1) is 0 Å². The summed E-state index contributed by atoms with van der Waals surface area (Å²) in [6.07, 6.45) is 1.27. The third-order valence-corrected chi connectivity index (χ3v) is 15.2. The smallest absolute Gasteiger partial charge is 0.120 e. The van der Waals surface area contributed by atoms with Gasteiger partial charge in [-0.2, -0.15) is 0 Å². The van der Waals surface area contributed by atoms with Gasteiger partial charge in [-0.05, 0) is 18.0 Å². The first-order valence-corrected chi connectivity index (χ1v) is 13.8. The molecule has 1 nitrogen and oxygen atoms in total. The molecule has 0 aromatic heterocycles. The van der Waals surface area contributed by atoms with E-state index in [1.807, 2.05) is 0 Å². The number of alkyl halides is 1. The molecule has 0 fully saturated rings. The zero-order chi connectivity index (χ0) is 13.2. The fraction of sp³-hybridized carbons (Fsp3) is 1.00. The molecule has 0 aliphatic heterocycles. The molecule has 0 rings (SSSR count). The Bertz CT molecular complexity index is 216. The summed E-state index contributed by atoms with van der Waals surface area (Å²) in [6.45, 7) is 21.1. The van der Waals surface area contributed by atoms with E-state index in [9.17, 15) is 0 Å². The predicted molar refractivity (Wildman–Crippen MR) is 85.7 cm³/mol. The van der Waals surface area contributed by atoms with E-state index in [0.717, 1.165) is 5.33 Å². The highest BCUT2D eigenvalue weighted by atomic mass is 79.9. The fourth-order valence-corrected chi connectivity index (χ4v) is 12.4. The summed E-state index contributed by atoms with van der Waals surface area (Å²) in [6, 6.07) is 0. The van der Waals surface area contributed by atoms with E-state index >= 15 is 0 Å². The van der Waals surface area contributed by atoms with E-state index in [2.05, 4.69) is 73.7 Å². The van der Waals surface area contributed by atoms with Crippen molar-refractivity contribution in [2.45, 2.75) is 65.0 Å². The summed E-state index contributed by atoms with van der Waals surface area (Å²) < 4.78 is 2.92. The van der Waals surface area contributed by atoms with Gasteiger partial charge in [0.05, 0.1) is 0 Å². The number of halogens is 1. The minimum atomic E-state index is -1.33. The van der Waals surface area contributed by atoms with Crippen LogP contribution in [0.15, 0.2) is 0 Å². The van der Waals surface area contributed by atoms with Gasteiger partial charge in [-0.15, -0.1) is 0 Å². The van der Waals surface area contributed by atoms with Crippen molar-refractivity contribution in [3.63, 3.8) is 0 Å². The molecule has 0 radical (unpaired) electrons. The van der Waals surface area contributed by atoms with Crippen molar-refractivity contribution in [2.24, 2.45) is 0 Å². The molecule has 0 saturated carbocycles. The summed E-state index contributed by atoms with van der Waals surface area (Å²) in [5.41, 5.74) is 0. The molecule has 0 amide bonds. The van der Waals surface area contributed by atoms with E-state index in [-0.39, 0.29) is 0 Å². The van der Waals surface area contributed by atoms with E-state index < -0.39 is 16.5 Å². The minimum Gasteiger partial charge on any atom is -0.345 e. The summed E-state index contributed by atoms with van der Waals surface area (Å²) >= 11 is 3.57. The molecule has 0 aromatic carbocycles. The Morgan fingerprint density at radius 3 is 1.69 bits per heavy atom. The van der Waals surface area contributed by atoms with Gasteiger partial charge in [-0.3, -0.25) is 0 Å². The number of nitrogens with zero attached hydrogens (tertiary/aromatic N) is 1. The quantitative estimate of drug-likeness (QED) is 0.513. The SMILES string of the molecule is CC(C)(C)[Si](C)(C)N(CCCBr)[Si](C)(C)C. The minimum absolute atomic E-state index is 0.458. The lowest BCUT2D eigenvalue weighted by atomic mass is 10.2. The first kappa shape index (κ1) is 16.9. The van der Waals surface area contributed by atoms with Gasteiger partial charge in [-0.25, -0.2) is 0 Å². The predicted octanol–water partition coefficient (Wildman–Crippen LogP) is 4.91. The molecule has 0 N–H and O–H groups in total. The molecule has 0 spiro atoms. The highest BCUT2D eigenvalue weighted by molar-refractivity contribution is 9.09. The van der Waals surface area contributed by atoms with Crippen LogP contribution < -0.4 is 0 Å². The third kappa shape index (κ3) is 4.28. The van der Waals surface area contributed by atoms with Gasteiger partial charge < -0.3 is 4.23 Å². The van der Waals surface area contributed by atoms with Crippen molar-refractivity contribution in [2.75, 3.05) is 11.9 Å². The highest BCUT2D eigenvalue weighted by Gasteiger charge is 2.45. The lowest BCUT2D eigenvalue weighted by Crippen LogP contribution is -2.64. The molecular weight excluding hydrogens is 294 g/mol. The van der Waals surface area contributed by atoms with Crippen molar-refractivity contribution >= 4 is 32.4 Å². The summed E-state index contributed by atoms with van der Waals surface area (Å²) in [5.74, 6) is 0. The van der Waals surface area contributed by atoms with Crippen molar-refractivity contribution < 1.29 is 0 Å². The van der Waals surface area contributed by atoms with Crippen molar-refractivity contribution in [3.05, 3.63) is 0 Å². The molecule has 0 bridgehead atoms. The van der Waals surface area contributed by atoms with Crippen LogP contribution in [0.5, 0.6) is 0 Å². The first-order chi connectivity index (χ1) is 6.94. The summed E-state index contributed by atoms with van der Waals surface area (Å²) in [7, 11) is -2.53. The van der Waals surface area contributed by atoms with E-state index in [1.54, 1.807) is 0 Å². The molecule has 0 aliphatic carbocycles. The maximum atomic E-state index is 3.57. The Kier molecular flexibility index (Phi) is 5.99. The highest BCUT2D eigenvalue weighted by Crippen LogP contribution is 2.40. The molecule has 0 heterocycles. The normalized spacial score (nSPS) is 14.6. The lowest BCUT2D eigenvalue weighted by molar-refractivity contribution is 0.547. The average molecular weight is 324 g/mol. The van der Waals surface area contributed by atoms with Gasteiger partial charge in [0.1, 0.15) is 16.5 Å². The molecule has 0 atom stereocenters. The second kappa shape index (κ2) is 5.68. The average Bonchev–Trinajstić information content (AvgIpc) is 1.99. The van der Waals surface area contributed by atoms with Crippen molar-refractivity contribution in [1.29, 1.82) is 0 Å². The maximum absolute atomic E-state index is 3.57.